The fraction of sp³-hybridized carbons (Fsp3) is 0.333. The van der Waals surface area contributed by atoms with E-state index in [1.54, 1.807) is 31.4 Å². The summed E-state index contributed by atoms with van der Waals surface area (Å²) in [7, 11) is -0.0299. The molecule has 4 rings (SSSR count). The van der Waals surface area contributed by atoms with Gasteiger partial charge in [0.2, 0.25) is 10.0 Å². The van der Waals surface area contributed by atoms with E-state index in [0.717, 1.165) is 23.3 Å². The average Bonchev–Trinajstić information content (AvgIpc) is 3.37. The smallest absolute Gasteiger partial charge is 0.243 e. The summed E-state index contributed by atoms with van der Waals surface area (Å²) < 4.78 is 32.5. The molecule has 1 aliphatic heterocycles. The lowest BCUT2D eigenvalue weighted by Gasteiger charge is -2.26. The Morgan fingerprint density at radius 3 is 2.74 bits per heavy atom. The highest BCUT2D eigenvalue weighted by Crippen LogP contribution is 2.28. The van der Waals surface area contributed by atoms with Crippen molar-refractivity contribution in [3.63, 3.8) is 0 Å². The molecule has 0 radical (unpaired) electrons. The molecule has 9 heteroatoms. The highest BCUT2D eigenvalue weighted by atomic mass is 32.2. The number of rotatable bonds is 5. The third-order valence-corrected chi connectivity index (χ3v) is 6.92. The summed E-state index contributed by atoms with van der Waals surface area (Å²) in [5.74, 6) is 1.43. The number of H-pyrrole nitrogens is 1. The summed E-state index contributed by atoms with van der Waals surface area (Å²) in [6.07, 6.45) is 4.08. The second-order valence-corrected chi connectivity index (χ2v) is 8.47. The minimum atomic E-state index is -3.53. The van der Waals surface area contributed by atoms with Gasteiger partial charge in [-0.15, -0.1) is 0 Å². The molecule has 1 aliphatic rings. The lowest BCUT2D eigenvalue weighted by atomic mass is 10.2. The Hall–Kier alpha value is -2.65. The maximum Gasteiger partial charge on any atom is 0.243 e. The maximum absolute atomic E-state index is 12.9. The number of sulfonamides is 1. The molecule has 0 spiro atoms. The topological polar surface area (TPSA) is 91.4 Å². The molecule has 1 fully saturated rings. The third kappa shape index (κ3) is 3.13. The predicted octanol–water partition coefficient (Wildman–Crippen LogP) is 1.87. The first-order chi connectivity index (χ1) is 13.0. The Balaban J connectivity index is 1.54. The number of ether oxygens (including phenoxy) is 1. The maximum atomic E-state index is 12.9. The number of aromatic amines is 1. The summed E-state index contributed by atoms with van der Waals surface area (Å²) in [6.45, 7) is 0.894. The van der Waals surface area contributed by atoms with Crippen LogP contribution in [0.25, 0.3) is 11.0 Å². The average molecular weight is 387 g/mol. The Morgan fingerprint density at radius 1 is 1.22 bits per heavy atom. The van der Waals surface area contributed by atoms with E-state index in [1.165, 1.54) is 10.6 Å². The lowest BCUT2D eigenvalue weighted by Crippen LogP contribution is -2.37. The third-order valence-electron chi connectivity index (χ3n) is 5.04. The van der Waals surface area contributed by atoms with E-state index < -0.39 is 10.0 Å². The molecule has 3 aromatic rings. The van der Waals surface area contributed by atoms with Gasteiger partial charge in [-0.1, -0.05) is 0 Å². The number of nitrogens with zero attached hydrogens (tertiary/aromatic N) is 4. The van der Waals surface area contributed by atoms with Crippen LogP contribution in [0.15, 0.2) is 47.8 Å². The molecule has 1 aromatic carbocycles. The summed E-state index contributed by atoms with van der Waals surface area (Å²) in [5, 5.41) is 0.927. The molecule has 8 nitrogen and oxygen atoms in total. The van der Waals surface area contributed by atoms with Gasteiger partial charge in [0.1, 0.15) is 23.5 Å². The van der Waals surface area contributed by atoms with E-state index in [2.05, 4.69) is 15.0 Å². The molecule has 0 amide bonds. The number of hydrogen-bond donors (Lipinski definition) is 1. The molecule has 142 valence electrons. The van der Waals surface area contributed by atoms with Crippen LogP contribution in [-0.2, 0) is 10.0 Å². The molecule has 0 unspecified atom stereocenters. The zero-order valence-electron chi connectivity index (χ0n) is 15.2. The molecular weight excluding hydrogens is 366 g/mol. The van der Waals surface area contributed by atoms with Gasteiger partial charge in [0.25, 0.3) is 0 Å². The van der Waals surface area contributed by atoms with Gasteiger partial charge in [-0.3, -0.25) is 0 Å². The van der Waals surface area contributed by atoms with E-state index in [9.17, 15) is 8.42 Å². The van der Waals surface area contributed by atoms with Crippen LogP contribution in [0.3, 0.4) is 0 Å². The molecule has 0 aliphatic carbocycles. The summed E-state index contributed by atoms with van der Waals surface area (Å²) in [6, 6.07) is 8.47. The number of benzene rings is 1. The molecule has 1 N–H and O–H groups in total. The molecule has 3 heterocycles. The molecule has 1 saturated heterocycles. The van der Waals surface area contributed by atoms with E-state index in [0.29, 0.717) is 18.8 Å². The van der Waals surface area contributed by atoms with Crippen LogP contribution in [0, 0.1) is 0 Å². The van der Waals surface area contributed by atoms with Crippen LogP contribution in [0.5, 0.6) is 5.75 Å². The Kier molecular flexibility index (Phi) is 4.48. The van der Waals surface area contributed by atoms with Crippen LogP contribution in [0.4, 0.5) is 5.82 Å². The molecule has 0 saturated carbocycles. The Bertz CT molecular complexity index is 1050. The van der Waals surface area contributed by atoms with Crippen molar-refractivity contribution < 1.29 is 13.2 Å². The zero-order valence-corrected chi connectivity index (χ0v) is 16.0. The first-order valence-corrected chi connectivity index (χ1v) is 10.1. The Morgan fingerprint density at radius 2 is 2.00 bits per heavy atom. The van der Waals surface area contributed by atoms with Gasteiger partial charge in [0.15, 0.2) is 0 Å². The van der Waals surface area contributed by atoms with Crippen LogP contribution in [0.1, 0.15) is 6.42 Å². The minimum Gasteiger partial charge on any atom is -0.497 e. The Labute approximate surface area is 157 Å². The van der Waals surface area contributed by atoms with Gasteiger partial charge in [0.05, 0.1) is 17.4 Å². The molecule has 0 bridgehead atoms. The molecule has 2 aromatic heterocycles. The number of nitrogens with one attached hydrogen (secondary N) is 1. The number of aromatic nitrogens is 3. The highest BCUT2D eigenvalue weighted by Gasteiger charge is 2.35. The lowest BCUT2D eigenvalue weighted by molar-refractivity contribution is 0.414. The van der Waals surface area contributed by atoms with Crippen molar-refractivity contribution in [1.82, 2.24) is 19.3 Å². The van der Waals surface area contributed by atoms with E-state index >= 15 is 0 Å². The monoisotopic (exact) mass is 387 g/mol. The predicted molar refractivity (Wildman–Crippen MR) is 102 cm³/mol. The van der Waals surface area contributed by atoms with Crippen molar-refractivity contribution in [3.05, 3.63) is 42.9 Å². The van der Waals surface area contributed by atoms with E-state index in [4.69, 9.17) is 4.74 Å². The minimum absolute atomic E-state index is 0.0472. The van der Waals surface area contributed by atoms with Crippen molar-refractivity contribution in [3.8, 4) is 5.75 Å². The van der Waals surface area contributed by atoms with Gasteiger partial charge < -0.3 is 14.6 Å². The zero-order chi connectivity index (χ0) is 19.0. The SMILES string of the molecule is COc1ccc(S(=O)(=O)N2CC[C@@H](N(C)c3ncnc4[nH]ccc34)C2)cc1. The van der Waals surface area contributed by atoms with Gasteiger partial charge in [-0.25, -0.2) is 18.4 Å². The van der Waals surface area contributed by atoms with Crippen molar-refractivity contribution in [1.29, 1.82) is 0 Å². The number of hydrogen-bond acceptors (Lipinski definition) is 6. The fourth-order valence-corrected chi connectivity index (χ4v) is 4.95. The number of likely N-dealkylation sites (N-methyl/N-ethyl adjacent to an activating group) is 1. The van der Waals surface area contributed by atoms with Gasteiger partial charge in [0, 0.05) is 32.4 Å². The van der Waals surface area contributed by atoms with E-state index in [1.807, 2.05) is 24.2 Å². The number of anilines is 1. The van der Waals surface area contributed by atoms with Crippen molar-refractivity contribution in [2.24, 2.45) is 0 Å². The van der Waals surface area contributed by atoms with Crippen molar-refractivity contribution in [2.45, 2.75) is 17.4 Å². The van der Waals surface area contributed by atoms with Gasteiger partial charge in [-0.05, 0) is 36.8 Å². The standard InChI is InChI=1S/C18H21N5O3S/c1-22(18-16-7-9-19-17(16)20-12-21-18)13-8-10-23(11-13)27(24,25)15-5-3-14(26-2)4-6-15/h3-7,9,12-13H,8,10-11H2,1-2H3,(H,19,20,21)/t13-/m1/s1. The van der Waals surface area contributed by atoms with Crippen LogP contribution >= 0.6 is 0 Å². The normalized spacial score (nSPS) is 18.1. The number of methoxy groups -OCH3 is 1. The first kappa shape index (κ1) is 17.7. The van der Waals surface area contributed by atoms with Gasteiger partial charge in [-0.2, -0.15) is 4.31 Å². The van der Waals surface area contributed by atoms with Crippen LogP contribution < -0.4 is 9.64 Å². The van der Waals surface area contributed by atoms with Crippen molar-refractivity contribution in [2.75, 3.05) is 32.1 Å². The first-order valence-electron chi connectivity index (χ1n) is 8.66. The van der Waals surface area contributed by atoms with Gasteiger partial charge >= 0.3 is 0 Å². The van der Waals surface area contributed by atoms with Crippen LogP contribution in [0.2, 0.25) is 0 Å². The van der Waals surface area contributed by atoms with E-state index in [-0.39, 0.29) is 10.9 Å². The summed E-state index contributed by atoms with van der Waals surface area (Å²) in [4.78, 5) is 14.0. The summed E-state index contributed by atoms with van der Waals surface area (Å²) >= 11 is 0. The fourth-order valence-electron chi connectivity index (χ4n) is 3.45. The molecule has 27 heavy (non-hydrogen) atoms. The molecule has 1 atom stereocenters. The largest absolute Gasteiger partial charge is 0.497 e. The quantitative estimate of drug-likeness (QED) is 0.719. The highest BCUT2D eigenvalue weighted by molar-refractivity contribution is 7.89. The molecular formula is C18H21N5O3S. The number of fused-ring (bicyclic) bond motifs is 1. The summed E-state index contributed by atoms with van der Waals surface area (Å²) in [5.41, 5.74) is 0.771. The van der Waals surface area contributed by atoms with Crippen LogP contribution in [-0.4, -0.2) is 61.0 Å². The van der Waals surface area contributed by atoms with Crippen molar-refractivity contribution >= 4 is 26.9 Å². The second kappa shape index (κ2) is 6.82. The second-order valence-electron chi connectivity index (χ2n) is 6.53.